The molecule has 4 unspecified atom stereocenters. The number of rotatable bonds is 17. The van der Waals surface area contributed by atoms with E-state index in [1.807, 2.05) is 0 Å². The first-order chi connectivity index (χ1) is 17.1. The van der Waals surface area contributed by atoms with E-state index in [1.165, 1.54) is 19.1 Å². The van der Waals surface area contributed by atoms with E-state index >= 15 is 0 Å². The van der Waals surface area contributed by atoms with Gasteiger partial charge < -0.3 is 43.4 Å². The molecule has 1 aromatic rings. The molecule has 3 amide bonds. The van der Waals surface area contributed by atoms with Crippen LogP contribution in [0.15, 0.2) is 24.3 Å². The molecule has 0 bridgehead atoms. The zero-order chi connectivity index (χ0) is 27.1. The molecule has 0 saturated heterocycles. The summed E-state index contributed by atoms with van der Waals surface area (Å²) < 4.78 is 0. The largest absolute Gasteiger partial charge is 0.508 e. The number of carbonyl (C=O) groups excluding carboxylic acids is 3. The second-order valence-corrected chi connectivity index (χ2v) is 8.74. The molecule has 0 fully saturated rings. The van der Waals surface area contributed by atoms with Crippen LogP contribution in [-0.4, -0.2) is 71.2 Å². The summed E-state index contributed by atoms with van der Waals surface area (Å²) in [6, 6.07) is 2.07. The van der Waals surface area contributed by atoms with Crippen LogP contribution in [0.3, 0.4) is 0 Å². The molecule has 1 aromatic carbocycles. The highest BCUT2D eigenvalue weighted by Crippen LogP contribution is 2.12. The highest BCUT2D eigenvalue weighted by atomic mass is 16.4. The van der Waals surface area contributed by atoms with Crippen LogP contribution in [-0.2, 0) is 25.6 Å². The third kappa shape index (κ3) is 11.5. The molecule has 36 heavy (non-hydrogen) atoms. The van der Waals surface area contributed by atoms with E-state index in [9.17, 15) is 24.3 Å². The summed E-state index contributed by atoms with van der Waals surface area (Å²) in [5.41, 5.74) is 17.7. The monoisotopic (exact) mass is 508 g/mol. The van der Waals surface area contributed by atoms with Crippen molar-refractivity contribution in [2.75, 3.05) is 13.1 Å². The molecule has 12 nitrogen and oxygen atoms in total. The molecule has 0 aliphatic carbocycles. The topological polar surface area (TPSA) is 223 Å². The van der Waals surface area contributed by atoms with Crippen LogP contribution >= 0.6 is 0 Å². The second kappa shape index (κ2) is 16.5. The summed E-state index contributed by atoms with van der Waals surface area (Å²) >= 11 is 0. The van der Waals surface area contributed by atoms with Crippen LogP contribution in [0.5, 0.6) is 5.75 Å². The van der Waals surface area contributed by atoms with E-state index in [-0.39, 0.29) is 18.6 Å². The minimum atomic E-state index is -1.21. The average Bonchev–Trinajstić information content (AvgIpc) is 2.84. The maximum Gasteiger partial charge on any atom is 0.325 e. The molecule has 11 N–H and O–H groups in total. The fourth-order valence-electron chi connectivity index (χ4n) is 3.41. The molecule has 0 aliphatic rings. The van der Waals surface area contributed by atoms with Crippen molar-refractivity contribution < 1.29 is 29.4 Å². The molecule has 0 heterocycles. The predicted molar refractivity (Wildman–Crippen MR) is 135 cm³/mol. The van der Waals surface area contributed by atoms with E-state index in [1.54, 1.807) is 12.1 Å². The Hall–Kier alpha value is -3.22. The summed E-state index contributed by atoms with van der Waals surface area (Å²) in [5.74, 6) is -2.95. The molecule has 0 radical (unpaired) electrons. The second-order valence-electron chi connectivity index (χ2n) is 8.74. The van der Waals surface area contributed by atoms with Crippen molar-refractivity contribution in [1.29, 1.82) is 0 Å². The summed E-state index contributed by atoms with van der Waals surface area (Å²) in [4.78, 5) is 49.8. The lowest BCUT2D eigenvalue weighted by molar-refractivity contribution is -0.141. The molecule has 1 rings (SSSR count). The molecular weight excluding hydrogens is 468 g/mol. The van der Waals surface area contributed by atoms with Gasteiger partial charge in [0, 0.05) is 6.42 Å². The smallest absolute Gasteiger partial charge is 0.325 e. The van der Waals surface area contributed by atoms with E-state index in [0.717, 1.165) is 0 Å². The highest BCUT2D eigenvalue weighted by Gasteiger charge is 2.29. The third-order valence-corrected chi connectivity index (χ3v) is 5.62. The normalized spacial score (nSPS) is 14.2. The minimum absolute atomic E-state index is 0.0508. The molecule has 202 valence electrons. The van der Waals surface area contributed by atoms with Gasteiger partial charge in [-0.3, -0.25) is 19.2 Å². The average molecular weight is 509 g/mol. The number of aliphatic carboxylic acids is 1. The third-order valence-electron chi connectivity index (χ3n) is 5.62. The van der Waals surface area contributed by atoms with E-state index in [4.69, 9.17) is 22.3 Å². The Morgan fingerprint density at radius 3 is 1.89 bits per heavy atom. The van der Waals surface area contributed by atoms with Crippen molar-refractivity contribution in [3.8, 4) is 5.75 Å². The van der Waals surface area contributed by atoms with Crippen molar-refractivity contribution in [3.05, 3.63) is 29.8 Å². The number of nitrogens with two attached hydrogens (primary N) is 3. The fraction of sp³-hybridized carbons (Fsp3) is 0.583. The first-order valence-corrected chi connectivity index (χ1v) is 12.2. The Balaban J connectivity index is 3.04. The van der Waals surface area contributed by atoms with Crippen LogP contribution in [0.25, 0.3) is 0 Å². The van der Waals surface area contributed by atoms with Gasteiger partial charge >= 0.3 is 5.97 Å². The number of benzene rings is 1. The Bertz CT molecular complexity index is 850. The Morgan fingerprint density at radius 1 is 0.806 bits per heavy atom. The number of phenols is 1. The maximum absolute atomic E-state index is 13.2. The molecule has 0 spiro atoms. The summed E-state index contributed by atoms with van der Waals surface area (Å²) in [5, 5.41) is 26.3. The van der Waals surface area contributed by atoms with E-state index < -0.39 is 47.9 Å². The van der Waals surface area contributed by atoms with Gasteiger partial charge in [0.25, 0.3) is 0 Å². The lowest BCUT2D eigenvalue weighted by Crippen LogP contribution is -2.57. The number of phenolic OH excluding ortho intramolecular Hbond substituents is 1. The number of nitrogens with one attached hydrogen (secondary N) is 3. The number of unbranched alkanes of at least 4 members (excludes halogenated alkanes) is 2. The number of hydrogen-bond donors (Lipinski definition) is 8. The van der Waals surface area contributed by atoms with Gasteiger partial charge in [-0.05, 0) is 69.8 Å². The molecule has 0 saturated carbocycles. The lowest BCUT2D eigenvalue weighted by Gasteiger charge is -2.25. The van der Waals surface area contributed by atoms with Gasteiger partial charge in [-0.25, -0.2) is 0 Å². The zero-order valence-corrected chi connectivity index (χ0v) is 20.7. The van der Waals surface area contributed by atoms with Gasteiger partial charge in [0.1, 0.15) is 23.9 Å². The first kappa shape index (κ1) is 30.8. The van der Waals surface area contributed by atoms with Gasteiger partial charge in [0.05, 0.1) is 6.04 Å². The number of carboxylic acids is 1. The summed E-state index contributed by atoms with van der Waals surface area (Å²) in [7, 11) is 0. The Kier molecular flexibility index (Phi) is 14.1. The molecular formula is C24H40N6O6. The maximum atomic E-state index is 13.2. The van der Waals surface area contributed by atoms with Crippen LogP contribution < -0.4 is 33.2 Å². The Morgan fingerprint density at radius 2 is 1.33 bits per heavy atom. The van der Waals surface area contributed by atoms with Gasteiger partial charge in [0.15, 0.2) is 0 Å². The van der Waals surface area contributed by atoms with Crippen LogP contribution in [0, 0.1) is 0 Å². The summed E-state index contributed by atoms with van der Waals surface area (Å²) in [6.07, 6.45) is 3.22. The van der Waals surface area contributed by atoms with Crippen LogP contribution in [0.4, 0.5) is 0 Å². The van der Waals surface area contributed by atoms with Crippen molar-refractivity contribution >= 4 is 23.7 Å². The van der Waals surface area contributed by atoms with Crippen LogP contribution in [0.1, 0.15) is 51.0 Å². The van der Waals surface area contributed by atoms with Gasteiger partial charge in [-0.1, -0.05) is 18.6 Å². The standard InChI is InChI=1S/C24H40N6O6/c1-15(24(35)36)28-22(33)19(7-3-5-13-26)29-23(34)20(14-16-8-10-17(31)11-9-16)30-21(32)18(27)6-2-4-12-25/h8-11,15,18-20,31H,2-7,12-14,25-27H2,1H3,(H,28,33)(H,29,34)(H,30,32)(H,35,36). The minimum Gasteiger partial charge on any atom is -0.508 e. The number of carbonyl (C=O) groups is 4. The molecule has 0 aliphatic heterocycles. The number of hydrogen-bond acceptors (Lipinski definition) is 8. The quantitative estimate of drug-likeness (QED) is 0.122. The molecule has 0 aromatic heterocycles. The van der Waals surface area contributed by atoms with Crippen LogP contribution in [0.2, 0.25) is 0 Å². The van der Waals surface area contributed by atoms with E-state index in [2.05, 4.69) is 16.0 Å². The van der Waals surface area contributed by atoms with Gasteiger partial charge in [-0.15, -0.1) is 0 Å². The fourth-order valence-corrected chi connectivity index (χ4v) is 3.41. The zero-order valence-electron chi connectivity index (χ0n) is 20.7. The van der Waals surface area contributed by atoms with E-state index in [0.29, 0.717) is 50.8 Å². The van der Waals surface area contributed by atoms with Crippen molar-refractivity contribution in [1.82, 2.24) is 16.0 Å². The molecule has 12 heteroatoms. The van der Waals surface area contributed by atoms with Crippen molar-refractivity contribution in [2.24, 2.45) is 17.2 Å². The summed E-state index contributed by atoms with van der Waals surface area (Å²) in [6.45, 7) is 2.20. The SMILES string of the molecule is CC(NC(=O)C(CCCCN)NC(=O)C(Cc1ccc(O)cc1)NC(=O)C(N)CCCCN)C(=O)O. The van der Waals surface area contributed by atoms with Crippen molar-refractivity contribution in [2.45, 2.75) is 76.0 Å². The first-order valence-electron chi connectivity index (χ1n) is 12.2. The lowest BCUT2D eigenvalue weighted by atomic mass is 10.0. The van der Waals surface area contributed by atoms with Gasteiger partial charge in [-0.2, -0.15) is 0 Å². The molecule has 4 atom stereocenters. The number of aromatic hydroxyl groups is 1. The highest BCUT2D eigenvalue weighted by molar-refractivity contribution is 5.94. The van der Waals surface area contributed by atoms with Crippen molar-refractivity contribution in [3.63, 3.8) is 0 Å². The Labute approximate surface area is 211 Å². The number of carboxylic acid groups (broad SMARTS) is 1. The predicted octanol–water partition coefficient (Wildman–Crippen LogP) is -0.921. The number of amides is 3. The van der Waals surface area contributed by atoms with Gasteiger partial charge in [0.2, 0.25) is 17.7 Å².